The minimum atomic E-state index is -0.619. The molecule has 5 saturated carbocycles. The highest BCUT2D eigenvalue weighted by atomic mass is 16.4. The van der Waals surface area contributed by atoms with E-state index in [0.29, 0.717) is 47.3 Å². The van der Waals surface area contributed by atoms with Gasteiger partial charge >= 0.3 is 11.9 Å². The van der Waals surface area contributed by atoms with E-state index in [4.69, 9.17) is 0 Å². The molecule has 5 aliphatic rings. The number of hydrogen-bond donors (Lipinski definition) is 2. The van der Waals surface area contributed by atoms with E-state index in [9.17, 15) is 19.8 Å². The average molecular weight is 248 g/mol. The highest BCUT2D eigenvalue weighted by molar-refractivity contribution is 5.75. The number of carboxylic acids is 2. The Kier molecular flexibility index (Phi) is 1.42. The fraction of sp³-hybridized carbons (Fsp3) is 0.857. The number of carboxylic acid groups (broad SMARTS) is 2. The van der Waals surface area contributed by atoms with E-state index < -0.39 is 11.9 Å². The van der Waals surface area contributed by atoms with Gasteiger partial charge in [-0.1, -0.05) is 0 Å². The number of hydrogen-bond acceptors (Lipinski definition) is 2. The van der Waals surface area contributed by atoms with Crippen molar-refractivity contribution in [3.8, 4) is 0 Å². The Morgan fingerprint density at radius 1 is 0.667 bits per heavy atom. The van der Waals surface area contributed by atoms with Gasteiger partial charge in [-0.25, -0.2) is 0 Å². The molecule has 4 unspecified atom stereocenters. The van der Waals surface area contributed by atoms with Crippen LogP contribution in [0.2, 0.25) is 0 Å². The highest BCUT2D eigenvalue weighted by Gasteiger charge is 2.80. The predicted octanol–water partition coefficient (Wildman–Crippen LogP) is 1.17. The Balaban J connectivity index is 1.65. The third kappa shape index (κ3) is 0.733. The first kappa shape index (κ1) is 9.82. The molecule has 8 atom stereocenters. The van der Waals surface area contributed by atoms with Gasteiger partial charge in [-0.2, -0.15) is 0 Å². The zero-order valence-corrected chi connectivity index (χ0v) is 9.90. The van der Waals surface area contributed by atoms with Crippen molar-refractivity contribution in [1.82, 2.24) is 0 Å². The molecule has 0 aromatic heterocycles. The summed E-state index contributed by atoms with van der Waals surface area (Å²) in [5.41, 5.74) is 0. The first-order valence-corrected chi connectivity index (χ1v) is 7.07. The van der Waals surface area contributed by atoms with Crippen LogP contribution in [-0.2, 0) is 9.59 Å². The highest BCUT2D eigenvalue weighted by Crippen LogP contribution is 2.82. The van der Waals surface area contributed by atoms with E-state index in [1.165, 1.54) is 0 Å². The van der Waals surface area contributed by atoms with E-state index in [-0.39, 0.29) is 11.8 Å². The second kappa shape index (κ2) is 2.61. The van der Waals surface area contributed by atoms with Crippen LogP contribution in [0.3, 0.4) is 0 Å². The van der Waals surface area contributed by atoms with Gasteiger partial charge in [-0.15, -0.1) is 0 Å². The lowest BCUT2D eigenvalue weighted by molar-refractivity contribution is -0.146. The SMILES string of the molecule is O=C(O)C1[C@@H]2C[C@H]3C4C2C2C4[C@H](C[C@H]21)C3C(=O)O. The summed E-state index contributed by atoms with van der Waals surface area (Å²) >= 11 is 0. The van der Waals surface area contributed by atoms with Gasteiger partial charge in [0, 0.05) is 0 Å². The van der Waals surface area contributed by atoms with Crippen LogP contribution < -0.4 is 0 Å². The Morgan fingerprint density at radius 2 is 0.944 bits per heavy atom. The lowest BCUT2D eigenvalue weighted by atomic mass is 9.60. The first-order chi connectivity index (χ1) is 8.61. The van der Waals surface area contributed by atoms with Gasteiger partial charge in [0.15, 0.2) is 0 Å². The van der Waals surface area contributed by atoms with Crippen LogP contribution in [0.1, 0.15) is 12.8 Å². The van der Waals surface area contributed by atoms with Crippen LogP contribution >= 0.6 is 0 Å². The summed E-state index contributed by atoms with van der Waals surface area (Å²) in [6.45, 7) is 0. The lowest BCUT2D eigenvalue weighted by Crippen LogP contribution is -2.41. The van der Waals surface area contributed by atoms with Crippen LogP contribution in [0.5, 0.6) is 0 Å². The molecule has 5 fully saturated rings. The Morgan fingerprint density at radius 3 is 1.17 bits per heavy atom. The van der Waals surface area contributed by atoms with E-state index in [1.54, 1.807) is 0 Å². The summed E-state index contributed by atoms with van der Waals surface area (Å²) in [5.74, 6) is 1.92. The minimum absolute atomic E-state index is 0.155. The van der Waals surface area contributed by atoms with Crippen molar-refractivity contribution in [1.29, 1.82) is 0 Å². The number of aliphatic carboxylic acids is 2. The molecule has 0 amide bonds. The average Bonchev–Trinajstić information content (AvgIpc) is 2.71. The van der Waals surface area contributed by atoms with E-state index >= 15 is 0 Å². The molecule has 0 aromatic carbocycles. The molecule has 0 bridgehead atoms. The first-order valence-electron chi connectivity index (χ1n) is 7.07. The van der Waals surface area contributed by atoms with E-state index in [2.05, 4.69) is 0 Å². The monoisotopic (exact) mass is 248 g/mol. The third-order valence-corrected chi connectivity index (χ3v) is 7.26. The maximum absolute atomic E-state index is 11.5. The quantitative estimate of drug-likeness (QED) is 0.769. The van der Waals surface area contributed by atoms with Crippen LogP contribution in [0, 0.1) is 59.2 Å². The molecule has 0 heterocycles. The molecule has 0 radical (unpaired) electrons. The molecular weight excluding hydrogens is 232 g/mol. The van der Waals surface area contributed by atoms with Gasteiger partial charge in [0.1, 0.15) is 0 Å². The molecule has 4 nitrogen and oxygen atoms in total. The largest absolute Gasteiger partial charge is 0.481 e. The topological polar surface area (TPSA) is 74.6 Å². The second-order valence-electron chi connectivity index (χ2n) is 7.16. The predicted molar refractivity (Wildman–Crippen MR) is 59.4 cm³/mol. The Bertz CT molecular complexity index is 406. The normalized spacial score (nSPS) is 65.1. The molecular formula is C14H16O4. The molecule has 96 valence electrons. The lowest BCUT2D eigenvalue weighted by Gasteiger charge is -2.44. The molecule has 5 aliphatic carbocycles. The van der Waals surface area contributed by atoms with Crippen molar-refractivity contribution in [2.75, 3.05) is 0 Å². The fourth-order valence-electron chi connectivity index (χ4n) is 7.33. The summed E-state index contributed by atoms with van der Waals surface area (Å²) in [4.78, 5) is 23.0. The standard InChI is InChI=1S/C14H16O4/c15-13(16)7-3-1-4-8(14(17)18)6-2-5(7)11-9(3)10(4)12(6)11/h3-12H,1-2H2,(H,15,16)(H,17,18)/t3-,4+,5-,6+,7?,8?,9?,10?,11?,12?. The van der Waals surface area contributed by atoms with Crippen LogP contribution in [-0.4, -0.2) is 22.2 Å². The maximum Gasteiger partial charge on any atom is 0.307 e. The van der Waals surface area contributed by atoms with Crippen molar-refractivity contribution >= 4 is 11.9 Å². The zero-order chi connectivity index (χ0) is 12.3. The smallest absolute Gasteiger partial charge is 0.307 e. The van der Waals surface area contributed by atoms with Gasteiger partial charge in [-0.05, 0) is 60.2 Å². The van der Waals surface area contributed by atoms with Crippen molar-refractivity contribution in [3.63, 3.8) is 0 Å². The third-order valence-electron chi connectivity index (χ3n) is 7.26. The van der Waals surface area contributed by atoms with Crippen LogP contribution in [0.15, 0.2) is 0 Å². The Hall–Kier alpha value is -1.06. The zero-order valence-electron chi connectivity index (χ0n) is 9.90. The molecule has 4 heteroatoms. The summed E-state index contributed by atoms with van der Waals surface area (Å²) < 4.78 is 0. The van der Waals surface area contributed by atoms with Crippen molar-refractivity contribution < 1.29 is 19.8 Å². The summed E-state index contributed by atoms with van der Waals surface area (Å²) in [6, 6.07) is 0. The summed E-state index contributed by atoms with van der Waals surface area (Å²) in [6.07, 6.45) is 1.76. The maximum atomic E-state index is 11.5. The van der Waals surface area contributed by atoms with Gasteiger partial charge in [0.25, 0.3) is 0 Å². The van der Waals surface area contributed by atoms with E-state index in [1.807, 2.05) is 0 Å². The van der Waals surface area contributed by atoms with Gasteiger partial charge in [0.05, 0.1) is 11.8 Å². The molecule has 18 heavy (non-hydrogen) atoms. The van der Waals surface area contributed by atoms with Crippen molar-refractivity contribution in [2.24, 2.45) is 59.2 Å². The van der Waals surface area contributed by atoms with Gasteiger partial charge < -0.3 is 10.2 Å². The fourth-order valence-corrected chi connectivity index (χ4v) is 7.33. The van der Waals surface area contributed by atoms with E-state index in [0.717, 1.165) is 12.8 Å². The van der Waals surface area contributed by atoms with Crippen LogP contribution in [0.25, 0.3) is 0 Å². The summed E-state index contributed by atoms with van der Waals surface area (Å²) in [7, 11) is 0. The summed E-state index contributed by atoms with van der Waals surface area (Å²) in [5, 5.41) is 19.0. The van der Waals surface area contributed by atoms with Crippen molar-refractivity contribution in [3.05, 3.63) is 0 Å². The Labute approximate surface area is 104 Å². The molecule has 5 rings (SSSR count). The molecule has 0 aromatic rings. The van der Waals surface area contributed by atoms with Gasteiger partial charge in [-0.3, -0.25) is 9.59 Å². The number of carbonyl (C=O) groups is 2. The molecule has 0 aliphatic heterocycles. The molecule has 0 saturated heterocycles. The van der Waals surface area contributed by atoms with Crippen LogP contribution in [0.4, 0.5) is 0 Å². The molecule has 2 N–H and O–H groups in total. The molecule has 0 spiro atoms. The minimum Gasteiger partial charge on any atom is -0.481 e. The number of rotatable bonds is 2. The van der Waals surface area contributed by atoms with Crippen molar-refractivity contribution in [2.45, 2.75) is 12.8 Å². The van der Waals surface area contributed by atoms with Gasteiger partial charge in [0.2, 0.25) is 0 Å². The second-order valence-corrected chi connectivity index (χ2v) is 7.16.